The van der Waals surface area contributed by atoms with E-state index in [1.54, 1.807) is 6.92 Å². The zero-order valence-corrected chi connectivity index (χ0v) is 13.9. The summed E-state index contributed by atoms with van der Waals surface area (Å²) in [5.74, 6) is -0.0739. The number of aliphatic hydroxyl groups is 1. The largest absolute Gasteiger partial charge is 0.388 e. The molecule has 1 aromatic carbocycles. The number of hydrogen-bond acceptors (Lipinski definition) is 4. The van der Waals surface area contributed by atoms with Crippen LogP contribution in [-0.2, 0) is 10.0 Å². The monoisotopic (exact) mass is 326 g/mol. The summed E-state index contributed by atoms with van der Waals surface area (Å²) < 4.78 is 25.0. The van der Waals surface area contributed by atoms with Crippen LogP contribution in [0.15, 0.2) is 29.2 Å². The molecule has 1 atom stereocenters. The molecule has 6 nitrogen and oxygen atoms in total. The predicted molar refractivity (Wildman–Crippen MR) is 83.0 cm³/mol. The summed E-state index contributed by atoms with van der Waals surface area (Å²) in [6, 6.07) is 5.75. The molecule has 1 aliphatic rings. The zero-order chi connectivity index (χ0) is 16.5. The molecule has 0 bridgehead atoms. The molecule has 0 heterocycles. The standard InChI is InChI=1S/C15H22N2O4S/c1-15(19,12-6-7-12)10-16-14(18)11-4-8-13(9-5-11)22(20,21)17(2)3/h4-5,8-9,12,19H,6-7,10H2,1-3H3,(H,16,18). The van der Waals surface area contributed by atoms with Crippen LogP contribution in [0.3, 0.4) is 0 Å². The Morgan fingerprint density at radius 3 is 2.32 bits per heavy atom. The van der Waals surface area contributed by atoms with E-state index in [2.05, 4.69) is 5.32 Å². The van der Waals surface area contributed by atoms with E-state index in [-0.39, 0.29) is 23.3 Å². The van der Waals surface area contributed by atoms with Crippen molar-refractivity contribution in [2.75, 3.05) is 20.6 Å². The molecule has 0 aliphatic heterocycles. The molecule has 7 heteroatoms. The Labute approximate surface area is 131 Å². The molecule has 0 saturated heterocycles. The highest BCUT2D eigenvalue weighted by atomic mass is 32.2. The van der Waals surface area contributed by atoms with Crippen LogP contribution in [-0.4, -0.2) is 50.0 Å². The maximum Gasteiger partial charge on any atom is 0.251 e. The van der Waals surface area contributed by atoms with Gasteiger partial charge in [0, 0.05) is 26.2 Å². The molecule has 1 aromatic rings. The molecule has 0 aromatic heterocycles. The van der Waals surface area contributed by atoms with E-state index in [9.17, 15) is 18.3 Å². The summed E-state index contributed by atoms with van der Waals surface area (Å²) in [6.07, 6.45) is 1.97. The molecule has 1 fully saturated rings. The summed E-state index contributed by atoms with van der Waals surface area (Å²) in [7, 11) is -0.588. The summed E-state index contributed by atoms with van der Waals surface area (Å²) in [5.41, 5.74) is -0.520. The molecule has 1 saturated carbocycles. The van der Waals surface area contributed by atoms with Gasteiger partial charge in [0.05, 0.1) is 10.5 Å². The minimum atomic E-state index is -3.50. The molecule has 0 spiro atoms. The molecule has 22 heavy (non-hydrogen) atoms. The van der Waals surface area contributed by atoms with Crippen LogP contribution < -0.4 is 5.32 Å². The molecule has 2 N–H and O–H groups in total. The topological polar surface area (TPSA) is 86.7 Å². The van der Waals surface area contributed by atoms with Crippen LogP contribution >= 0.6 is 0 Å². The molecule has 0 radical (unpaired) electrons. The Hall–Kier alpha value is -1.44. The third-order valence-corrected chi connectivity index (χ3v) is 5.79. The molecule has 2 rings (SSSR count). The number of sulfonamides is 1. The van der Waals surface area contributed by atoms with Crippen LogP contribution in [0, 0.1) is 5.92 Å². The van der Waals surface area contributed by atoms with Gasteiger partial charge < -0.3 is 10.4 Å². The van der Waals surface area contributed by atoms with Crippen molar-refractivity contribution in [3.8, 4) is 0 Å². The minimum Gasteiger partial charge on any atom is -0.388 e. The van der Waals surface area contributed by atoms with Gasteiger partial charge in [-0.3, -0.25) is 4.79 Å². The van der Waals surface area contributed by atoms with Gasteiger partial charge in [0.25, 0.3) is 5.91 Å². The van der Waals surface area contributed by atoms with Gasteiger partial charge in [0.1, 0.15) is 0 Å². The maximum absolute atomic E-state index is 12.0. The van der Waals surface area contributed by atoms with Gasteiger partial charge in [-0.1, -0.05) is 0 Å². The SMILES string of the molecule is CN(C)S(=O)(=O)c1ccc(C(=O)NCC(C)(O)C2CC2)cc1. The Balaban J connectivity index is 2.02. The average molecular weight is 326 g/mol. The average Bonchev–Trinajstić information content (AvgIpc) is 3.30. The van der Waals surface area contributed by atoms with Crippen LogP contribution in [0.2, 0.25) is 0 Å². The number of nitrogens with zero attached hydrogens (tertiary/aromatic N) is 1. The summed E-state index contributed by atoms with van der Waals surface area (Å²) >= 11 is 0. The zero-order valence-electron chi connectivity index (χ0n) is 13.0. The van der Waals surface area contributed by atoms with Crippen molar-refractivity contribution in [3.05, 3.63) is 29.8 Å². The normalized spacial score (nSPS) is 18.0. The van der Waals surface area contributed by atoms with E-state index in [0.29, 0.717) is 5.56 Å². The number of nitrogens with one attached hydrogen (secondary N) is 1. The summed E-state index contributed by atoms with van der Waals surface area (Å²) in [6.45, 7) is 1.91. The van der Waals surface area contributed by atoms with E-state index in [4.69, 9.17) is 0 Å². The summed E-state index contributed by atoms with van der Waals surface area (Å²) in [5, 5.41) is 12.9. The van der Waals surface area contributed by atoms with Gasteiger partial charge in [0.2, 0.25) is 10.0 Å². The predicted octanol–water partition coefficient (Wildman–Crippen LogP) is 0.828. The van der Waals surface area contributed by atoms with Crippen LogP contribution in [0.4, 0.5) is 0 Å². The highest BCUT2D eigenvalue weighted by molar-refractivity contribution is 7.89. The van der Waals surface area contributed by atoms with Crippen molar-refractivity contribution in [1.82, 2.24) is 9.62 Å². The lowest BCUT2D eigenvalue weighted by Crippen LogP contribution is -2.42. The number of benzene rings is 1. The van der Waals surface area contributed by atoms with Gasteiger partial charge in [-0.2, -0.15) is 0 Å². The molecular weight excluding hydrogens is 304 g/mol. The third-order valence-electron chi connectivity index (χ3n) is 3.96. The number of hydrogen-bond donors (Lipinski definition) is 2. The first-order chi connectivity index (χ1) is 10.1. The second-order valence-corrected chi connectivity index (χ2v) is 8.28. The first-order valence-corrected chi connectivity index (χ1v) is 8.62. The van der Waals surface area contributed by atoms with Crippen molar-refractivity contribution in [1.29, 1.82) is 0 Å². The fourth-order valence-electron chi connectivity index (χ4n) is 2.20. The first-order valence-electron chi connectivity index (χ1n) is 7.18. The fraction of sp³-hybridized carbons (Fsp3) is 0.533. The van der Waals surface area contributed by atoms with Crippen LogP contribution in [0.1, 0.15) is 30.1 Å². The Morgan fingerprint density at radius 1 is 1.32 bits per heavy atom. The Bertz CT molecular complexity index is 647. The number of rotatable bonds is 6. The Morgan fingerprint density at radius 2 is 1.86 bits per heavy atom. The quantitative estimate of drug-likeness (QED) is 0.810. The molecule has 1 aliphatic carbocycles. The van der Waals surface area contributed by atoms with E-state index in [1.807, 2.05) is 0 Å². The van der Waals surface area contributed by atoms with Crippen molar-refractivity contribution in [2.24, 2.45) is 5.92 Å². The van der Waals surface area contributed by atoms with Crippen molar-refractivity contribution in [3.63, 3.8) is 0 Å². The van der Waals surface area contributed by atoms with Crippen molar-refractivity contribution >= 4 is 15.9 Å². The van der Waals surface area contributed by atoms with Crippen molar-refractivity contribution < 1.29 is 18.3 Å². The molecule has 122 valence electrons. The van der Waals surface area contributed by atoms with Gasteiger partial charge in [-0.15, -0.1) is 0 Å². The van der Waals surface area contributed by atoms with Gasteiger partial charge in [0.15, 0.2) is 0 Å². The summed E-state index contributed by atoms with van der Waals surface area (Å²) in [4.78, 5) is 12.2. The Kier molecular flexibility index (Phi) is 4.60. The van der Waals surface area contributed by atoms with Crippen LogP contribution in [0.25, 0.3) is 0 Å². The van der Waals surface area contributed by atoms with Gasteiger partial charge >= 0.3 is 0 Å². The highest BCUT2D eigenvalue weighted by Gasteiger charge is 2.39. The van der Waals surface area contributed by atoms with E-state index in [1.165, 1.54) is 38.4 Å². The fourth-order valence-corrected chi connectivity index (χ4v) is 3.10. The van der Waals surface area contributed by atoms with Crippen molar-refractivity contribution in [2.45, 2.75) is 30.3 Å². The minimum absolute atomic E-state index is 0.138. The third kappa shape index (κ3) is 3.66. The molecule has 1 amide bonds. The van der Waals surface area contributed by atoms with E-state index in [0.717, 1.165) is 17.1 Å². The number of carbonyl (C=O) groups is 1. The van der Waals surface area contributed by atoms with Gasteiger partial charge in [-0.25, -0.2) is 12.7 Å². The lowest BCUT2D eigenvalue weighted by Gasteiger charge is -2.23. The first kappa shape index (κ1) is 16.9. The second-order valence-electron chi connectivity index (χ2n) is 6.13. The van der Waals surface area contributed by atoms with Crippen LogP contribution in [0.5, 0.6) is 0 Å². The number of carbonyl (C=O) groups excluding carboxylic acids is 1. The van der Waals surface area contributed by atoms with E-state index < -0.39 is 15.6 Å². The van der Waals surface area contributed by atoms with Gasteiger partial charge in [-0.05, 0) is 49.9 Å². The molecule has 1 unspecified atom stereocenters. The smallest absolute Gasteiger partial charge is 0.251 e. The number of amides is 1. The lowest BCUT2D eigenvalue weighted by atomic mass is 10.0. The lowest BCUT2D eigenvalue weighted by molar-refractivity contribution is 0.0354. The maximum atomic E-state index is 12.0. The molecular formula is C15H22N2O4S. The second kappa shape index (κ2) is 5.98. The highest BCUT2D eigenvalue weighted by Crippen LogP contribution is 2.39. The van der Waals surface area contributed by atoms with E-state index >= 15 is 0 Å².